The normalized spacial score (nSPS) is 11.6. The van der Waals surface area contributed by atoms with Gasteiger partial charge in [0.2, 0.25) is 0 Å². The maximum Gasteiger partial charge on any atom is 0.198 e. The van der Waals surface area contributed by atoms with E-state index >= 15 is 8.78 Å². The Morgan fingerprint density at radius 1 is 0.351 bits per heavy atom. The zero-order chi connectivity index (χ0) is 26.9. The molecule has 0 heterocycles. The van der Waals surface area contributed by atoms with Crippen molar-refractivity contribution in [3.8, 4) is 22.3 Å². The molecule has 0 bridgehead atoms. The molecule has 188 valence electrons. The smallest absolute Gasteiger partial charge is 0.198 e. The van der Waals surface area contributed by atoms with E-state index in [1.165, 1.54) is 12.1 Å². The molecule has 0 fully saturated rings. The van der Waals surface area contributed by atoms with Crippen LogP contribution >= 0.6 is 0 Å². The van der Waals surface area contributed by atoms with Gasteiger partial charge in [-0.1, -0.05) is 24.3 Å². The Labute approximate surface area is 199 Å². The maximum atomic E-state index is 15.3. The van der Waals surface area contributed by atoms with Gasteiger partial charge in [0, 0.05) is 28.0 Å². The van der Waals surface area contributed by atoms with E-state index in [1.54, 1.807) is 0 Å². The lowest BCUT2D eigenvalue weighted by Gasteiger charge is -2.20. The molecule has 0 aliphatic rings. The summed E-state index contributed by atoms with van der Waals surface area (Å²) in [4.78, 5) is 0. The molecule has 0 aliphatic heterocycles. The van der Waals surface area contributed by atoms with Crippen molar-refractivity contribution >= 4 is 21.5 Å². The maximum absolute atomic E-state index is 15.3. The zero-order valence-electron chi connectivity index (χ0n) is 17.7. The highest BCUT2D eigenvalue weighted by atomic mass is 19.2. The molecule has 0 unspecified atom stereocenters. The van der Waals surface area contributed by atoms with Gasteiger partial charge < -0.3 is 0 Å². The number of hydrogen-bond acceptors (Lipinski definition) is 0. The minimum Gasteiger partial charge on any atom is -0.204 e. The van der Waals surface area contributed by atoms with Crippen LogP contribution in [0.5, 0.6) is 0 Å². The van der Waals surface area contributed by atoms with E-state index in [0.717, 1.165) is 12.1 Å². The van der Waals surface area contributed by atoms with E-state index in [2.05, 4.69) is 0 Å². The average molecular weight is 528 g/mol. The first-order valence-corrected chi connectivity index (χ1v) is 10.1. The molecule has 0 amide bonds. The fourth-order valence-electron chi connectivity index (χ4n) is 4.34. The van der Waals surface area contributed by atoms with E-state index in [-0.39, 0.29) is 11.5 Å². The van der Waals surface area contributed by atoms with E-state index in [9.17, 15) is 39.5 Å². The van der Waals surface area contributed by atoms with Crippen LogP contribution in [-0.2, 0) is 0 Å². The first kappa shape index (κ1) is 24.5. The van der Waals surface area contributed by atoms with Gasteiger partial charge >= 0.3 is 0 Å². The molecule has 5 aromatic carbocycles. The second kappa shape index (κ2) is 8.46. The van der Waals surface area contributed by atoms with Crippen molar-refractivity contribution in [1.82, 2.24) is 0 Å². The van der Waals surface area contributed by atoms with Crippen LogP contribution in [0.1, 0.15) is 0 Å². The summed E-state index contributed by atoms with van der Waals surface area (Å²) in [6.45, 7) is 0. The molecule has 0 nitrogen and oxygen atoms in total. The predicted molar refractivity (Wildman–Crippen MR) is 112 cm³/mol. The predicted octanol–water partition coefficient (Wildman–Crippen LogP) is 8.86. The summed E-state index contributed by atoms with van der Waals surface area (Å²) >= 11 is 0. The fraction of sp³-hybridized carbons (Fsp3) is 0. The highest BCUT2D eigenvalue weighted by Gasteiger charge is 2.32. The van der Waals surface area contributed by atoms with Crippen LogP contribution in [0.25, 0.3) is 43.8 Å². The zero-order valence-corrected chi connectivity index (χ0v) is 17.7. The third-order valence-corrected chi connectivity index (χ3v) is 5.87. The number of hydrogen-bond donors (Lipinski definition) is 0. The molecule has 0 radical (unpaired) electrons. The number of halogens is 11. The molecule has 37 heavy (non-hydrogen) atoms. The summed E-state index contributed by atoms with van der Waals surface area (Å²) in [7, 11) is 0. The van der Waals surface area contributed by atoms with E-state index < -0.39 is 102 Å². The van der Waals surface area contributed by atoms with Crippen LogP contribution < -0.4 is 0 Å². The molecule has 0 aromatic heterocycles. The van der Waals surface area contributed by atoms with Crippen molar-refractivity contribution in [3.63, 3.8) is 0 Å². The lowest BCUT2D eigenvalue weighted by molar-refractivity contribution is 0.418. The van der Waals surface area contributed by atoms with Gasteiger partial charge in [-0.15, -0.1) is 0 Å². The SMILES string of the molecule is Fc1cc(-c2c3ccccc3c(-c3c(F)c(F)cc(F)c3F)c3c(F)c(F)c(F)c(F)c23)cc(F)c1F. The number of rotatable bonds is 2. The Bertz CT molecular complexity index is 1740. The molecule has 0 N–H and O–H groups in total. The molecule has 0 saturated heterocycles. The van der Waals surface area contributed by atoms with Crippen LogP contribution in [0.15, 0.2) is 42.5 Å². The Morgan fingerprint density at radius 2 is 0.757 bits per heavy atom. The first-order valence-electron chi connectivity index (χ1n) is 10.1. The standard InChI is InChI=1S/C26H7F11/c27-11-5-8(6-12(28)20(11)31)15-9-3-1-2-4-10(9)16(19-21(32)13(29)7-14(30)22(19)33)18-17(15)23(34)25(36)26(37)24(18)35/h1-7H. The monoisotopic (exact) mass is 528 g/mol. The molecular formula is C26H7F11. The lowest BCUT2D eigenvalue weighted by atomic mass is 9.85. The largest absolute Gasteiger partial charge is 0.204 e. The van der Waals surface area contributed by atoms with Crippen LogP contribution in [-0.4, -0.2) is 0 Å². The third kappa shape index (κ3) is 3.44. The van der Waals surface area contributed by atoms with Gasteiger partial charge in [-0.3, -0.25) is 0 Å². The van der Waals surface area contributed by atoms with Crippen molar-refractivity contribution in [2.75, 3.05) is 0 Å². The second-order valence-corrected chi connectivity index (χ2v) is 7.90. The molecule has 5 aromatic rings. The van der Waals surface area contributed by atoms with Gasteiger partial charge in [-0.25, -0.2) is 48.3 Å². The Morgan fingerprint density at radius 3 is 1.24 bits per heavy atom. The van der Waals surface area contributed by atoms with Crippen LogP contribution in [0.3, 0.4) is 0 Å². The highest BCUT2D eigenvalue weighted by Crippen LogP contribution is 2.48. The molecule has 0 aliphatic carbocycles. The third-order valence-electron chi connectivity index (χ3n) is 5.87. The fourth-order valence-corrected chi connectivity index (χ4v) is 4.34. The van der Waals surface area contributed by atoms with Crippen molar-refractivity contribution in [1.29, 1.82) is 0 Å². The van der Waals surface area contributed by atoms with Crippen LogP contribution in [0.4, 0.5) is 48.3 Å². The van der Waals surface area contributed by atoms with Crippen molar-refractivity contribution < 1.29 is 48.3 Å². The van der Waals surface area contributed by atoms with Gasteiger partial charge in [-0.2, -0.15) is 0 Å². The Hall–Kier alpha value is -4.15. The summed E-state index contributed by atoms with van der Waals surface area (Å²) in [5.41, 5.74) is -4.10. The summed E-state index contributed by atoms with van der Waals surface area (Å²) in [6, 6.07) is 5.02. The van der Waals surface area contributed by atoms with Gasteiger partial charge in [0.15, 0.2) is 64.0 Å². The van der Waals surface area contributed by atoms with Crippen molar-refractivity contribution in [2.24, 2.45) is 0 Å². The quantitative estimate of drug-likeness (QED) is 0.0930. The molecular weight excluding hydrogens is 521 g/mol. The van der Waals surface area contributed by atoms with E-state index in [1.807, 2.05) is 0 Å². The van der Waals surface area contributed by atoms with Crippen molar-refractivity contribution in [2.45, 2.75) is 0 Å². The summed E-state index contributed by atoms with van der Waals surface area (Å²) < 4.78 is 159. The summed E-state index contributed by atoms with van der Waals surface area (Å²) in [5.74, 6) is -22.7. The molecule has 0 spiro atoms. The van der Waals surface area contributed by atoms with E-state index in [0.29, 0.717) is 12.1 Å². The van der Waals surface area contributed by atoms with Crippen LogP contribution in [0, 0.1) is 64.0 Å². The van der Waals surface area contributed by atoms with Crippen LogP contribution in [0.2, 0.25) is 0 Å². The lowest BCUT2D eigenvalue weighted by Crippen LogP contribution is -2.05. The summed E-state index contributed by atoms with van der Waals surface area (Å²) in [6.07, 6.45) is 0. The molecule has 5 rings (SSSR count). The van der Waals surface area contributed by atoms with Gasteiger partial charge in [-0.05, 0) is 28.5 Å². The first-order chi connectivity index (χ1) is 17.5. The molecule has 0 atom stereocenters. The number of fused-ring (bicyclic) bond motifs is 2. The molecule has 11 heteroatoms. The topological polar surface area (TPSA) is 0 Å². The summed E-state index contributed by atoms with van der Waals surface area (Å²) in [5, 5.41) is -3.55. The minimum absolute atomic E-state index is 0.159. The Balaban J connectivity index is 2.17. The van der Waals surface area contributed by atoms with Crippen molar-refractivity contribution in [3.05, 3.63) is 106 Å². The number of benzene rings is 5. The van der Waals surface area contributed by atoms with Gasteiger partial charge in [0.25, 0.3) is 0 Å². The second-order valence-electron chi connectivity index (χ2n) is 7.90. The minimum atomic E-state index is -2.44. The van der Waals surface area contributed by atoms with Gasteiger partial charge in [0.05, 0.1) is 5.56 Å². The average Bonchev–Trinajstić information content (AvgIpc) is 2.87. The van der Waals surface area contributed by atoms with Gasteiger partial charge in [0.1, 0.15) is 0 Å². The highest BCUT2D eigenvalue weighted by molar-refractivity contribution is 6.21. The Kier molecular flexibility index (Phi) is 5.61. The molecule has 0 saturated carbocycles. The van der Waals surface area contributed by atoms with E-state index in [4.69, 9.17) is 0 Å².